The minimum absolute atomic E-state index is 0.204. The summed E-state index contributed by atoms with van der Waals surface area (Å²) in [6.45, 7) is 5.49. The lowest BCUT2D eigenvalue weighted by atomic mass is 10.1. The Bertz CT molecular complexity index is 654. The number of amides is 1. The Morgan fingerprint density at radius 1 is 1.22 bits per heavy atom. The SMILES string of the molecule is COCCCNc1ccc(C(=O)Nc2cc(C)ccc2C)nc1. The number of ether oxygens (including phenoxy) is 1. The van der Waals surface area contributed by atoms with E-state index in [2.05, 4.69) is 15.6 Å². The van der Waals surface area contributed by atoms with Crippen LogP contribution in [0.4, 0.5) is 11.4 Å². The molecule has 0 fully saturated rings. The van der Waals surface area contributed by atoms with Gasteiger partial charge in [0.1, 0.15) is 5.69 Å². The maximum absolute atomic E-state index is 12.3. The molecule has 1 heterocycles. The second-order valence-corrected chi connectivity index (χ2v) is 5.48. The van der Waals surface area contributed by atoms with Crippen molar-refractivity contribution in [3.8, 4) is 0 Å². The molecular formula is C18H23N3O2. The second kappa shape index (κ2) is 8.29. The Hall–Kier alpha value is -2.40. The summed E-state index contributed by atoms with van der Waals surface area (Å²) in [5, 5.41) is 6.15. The van der Waals surface area contributed by atoms with Gasteiger partial charge >= 0.3 is 0 Å². The van der Waals surface area contributed by atoms with Crippen molar-refractivity contribution in [3.05, 3.63) is 53.3 Å². The molecule has 0 atom stereocenters. The van der Waals surface area contributed by atoms with Crippen molar-refractivity contribution in [3.63, 3.8) is 0 Å². The number of nitrogens with zero attached hydrogens (tertiary/aromatic N) is 1. The highest BCUT2D eigenvalue weighted by molar-refractivity contribution is 6.03. The van der Waals surface area contributed by atoms with Crippen LogP contribution in [0.15, 0.2) is 36.5 Å². The van der Waals surface area contributed by atoms with Gasteiger partial charge in [-0.25, -0.2) is 4.98 Å². The number of rotatable bonds is 7. The van der Waals surface area contributed by atoms with Gasteiger partial charge in [0.25, 0.3) is 5.91 Å². The number of pyridine rings is 1. The van der Waals surface area contributed by atoms with Gasteiger partial charge in [-0.2, -0.15) is 0 Å². The molecule has 0 aliphatic carbocycles. The number of nitrogens with one attached hydrogen (secondary N) is 2. The molecule has 2 aromatic rings. The maximum Gasteiger partial charge on any atom is 0.274 e. The van der Waals surface area contributed by atoms with Crippen LogP contribution in [0.25, 0.3) is 0 Å². The zero-order valence-electron chi connectivity index (χ0n) is 13.8. The van der Waals surface area contributed by atoms with Gasteiger partial charge in [-0.1, -0.05) is 12.1 Å². The number of methoxy groups -OCH3 is 1. The first-order valence-corrected chi connectivity index (χ1v) is 7.67. The number of hydrogen-bond acceptors (Lipinski definition) is 4. The summed E-state index contributed by atoms with van der Waals surface area (Å²) in [5.41, 5.74) is 4.24. The van der Waals surface area contributed by atoms with E-state index in [9.17, 15) is 4.79 Å². The number of benzene rings is 1. The number of aryl methyl sites for hydroxylation is 2. The van der Waals surface area contributed by atoms with Crippen molar-refractivity contribution in [2.45, 2.75) is 20.3 Å². The van der Waals surface area contributed by atoms with Crippen LogP contribution in [0.3, 0.4) is 0 Å². The van der Waals surface area contributed by atoms with Crippen LogP contribution in [-0.2, 0) is 4.74 Å². The van der Waals surface area contributed by atoms with Gasteiger partial charge in [0.2, 0.25) is 0 Å². The van der Waals surface area contributed by atoms with Crippen LogP contribution >= 0.6 is 0 Å². The van der Waals surface area contributed by atoms with Crippen LogP contribution in [0.1, 0.15) is 28.0 Å². The highest BCUT2D eigenvalue weighted by Gasteiger charge is 2.09. The molecule has 5 heteroatoms. The van der Waals surface area contributed by atoms with Gasteiger partial charge in [-0.05, 0) is 49.6 Å². The smallest absolute Gasteiger partial charge is 0.274 e. The number of hydrogen-bond donors (Lipinski definition) is 2. The largest absolute Gasteiger partial charge is 0.385 e. The Labute approximate surface area is 137 Å². The highest BCUT2D eigenvalue weighted by Crippen LogP contribution is 2.17. The number of aromatic nitrogens is 1. The van der Waals surface area contributed by atoms with Crippen LogP contribution in [-0.4, -0.2) is 31.2 Å². The number of carbonyl (C=O) groups is 1. The summed E-state index contributed by atoms with van der Waals surface area (Å²) in [6.07, 6.45) is 2.59. The van der Waals surface area contributed by atoms with Gasteiger partial charge in [0.05, 0.1) is 11.9 Å². The third-order valence-electron chi connectivity index (χ3n) is 3.49. The average Bonchev–Trinajstić information content (AvgIpc) is 2.55. The van der Waals surface area contributed by atoms with E-state index in [4.69, 9.17) is 4.74 Å². The molecule has 0 aliphatic rings. The quantitative estimate of drug-likeness (QED) is 0.769. The van der Waals surface area contributed by atoms with E-state index >= 15 is 0 Å². The highest BCUT2D eigenvalue weighted by atomic mass is 16.5. The summed E-state index contributed by atoms with van der Waals surface area (Å²) in [4.78, 5) is 16.5. The summed E-state index contributed by atoms with van der Waals surface area (Å²) in [5.74, 6) is -0.204. The van der Waals surface area contributed by atoms with E-state index in [1.807, 2.05) is 38.1 Å². The fraction of sp³-hybridized carbons (Fsp3) is 0.333. The van der Waals surface area contributed by atoms with Gasteiger partial charge in [0, 0.05) is 25.9 Å². The molecule has 2 rings (SSSR count). The molecular weight excluding hydrogens is 290 g/mol. The predicted octanol–water partition coefficient (Wildman–Crippen LogP) is 3.40. The molecule has 5 nitrogen and oxygen atoms in total. The van der Waals surface area contributed by atoms with Crippen LogP contribution in [0, 0.1) is 13.8 Å². The fourth-order valence-electron chi connectivity index (χ4n) is 2.14. The Balaban J connectivity index is 1.96. The molecule has 0 aliphatic heterocycles. The Morgan fingerprint density at radius 3 is 2.74 bits per heavy atom. The second-order valence-electron chi connectivity index (χ2n) is 5.48. The van der Waals surface area contributed by atoms with Gasteiger partial charge < -0.3 is 15.4 Å². The third kappa shape index (κ3) is 5.07. The van der Waals surface area contributed by atoms with Gasteiger partial charge in [0.15, 0.2) is 0 Å². The summed E-state index contributed by atoms with van der Waals surface area (Å²) in [7, 11) is 1.69. The summed E-state index contributed by atoms with van der Waals surface area (Å²) in [6, 6.07) is 9.55. The zero-order valence-corrected chi connectivity index (χ0v) is 13.8. The van der Waals surface area contributed by atoms with Crippen LogP contribution in [0.2, 0.25) is 0 Å². The van der Waals surface area contributed by atoms with Gasteiger partial charge in [-0.3, -0.25) is 4.79 Å². The fourth-order valence-corrected chi connectivity index (χ4v) is 2.14. The van der Waals surface area contributed by atoms with Gasteiger partial charge in [-0.15, -0.1) is 0 Å². The van der Waals surface area contributed by atoms with E-state index in [1.165, 1.54) is 0 Å². The predicted molar refractivity (Wildman–Crippen MR) is 93.1 cm³/mol. The van der Waals surface area contributed by atoms with Crippen molar-refractivity contribution >= 4 is 17.3 Å². The monoisotopic (exact) mass is 313 g/mol. The molecule has 23 heavy (non-hydrogen) atoms. The molecule has 0 radical (unpaired) electrons. The van der Waals surface area contributed by atoms with Crippen molar-refractivity contribution < 1.29 is 9.53 Å². The molecule has 0 bridgehead atoms. The molecule has 0 saturated heterocycles. The minimum atomic E-state index is -0.204. The minimum Gasteiger partial charge on any atom is -0.385 e. The zero-order chi connectivity index (χ0) is 16.7. The number of anilines is 2. The first-order chi connectivity index (χ1) is 11.1. The molecule has 2 N–H and O–H groups in total. The summed E-state index contributed by atoms with van der Waals surface area (Å²) >= 11 is 0. The Morgan fingerprint density at radius 2 is 2.04 bits per heavy atom. The average molecular weight is 313 g/mol. The molecule has 0 unspecified atom stereocenters. The molecule has 1 aromatic heterocycles. The number of carbonyl (C=O) groups excluding carboxylic acids is 1. The van der Waals surface area contributed by atoms with Crippen LogP contribution in [0.5, 0.6) is 0 Å². The Kier molecular flexibility index (Phi) is 6.11. The van der Waals surface area contributed by atoms with E-state index < -0.39 is 0 Å². The molecule has 1 aromatic carbocycles. The van der Waals surface area contributed by atoms with Crippen molar-refractivity contribution in [1.29, 1.82) is 0 Å². The normalized spacial score (nSPS) is 10.4. The van der Waals surface area contributed by atoms with E-state index in [-0.39, 0.29) is 5.91 Å². The molecule has 1 amide bonds. The third-order valence-corrected chi connectivity index (χ3v) is 3.49. The maximum atomic E-state index is 12.3. The lowest BCUT2D eigenvalue weighted by molar-refractivity contribution is 0.102. The first kappa shape index (κ1) is 17.0. The summed E-state index contributed by atoms with van der Waals surface area (Å²) < 4.78 is 5.00. The molecule has 122 valence electrons. The molecule has 0 saturated carbocycles. The van der Waals surface area contributed by atoms with Crippen molar-refractivity contribution in [2.24, 2.45) is 0 Å². The van der Waals surface area contributed by atoms with Crippen molar-refractivity contribution in [2.75, 3.05) is 30.9 Å². The first-order valence-electron chi connectivity index (χ1n) is 7.67. The van der Waals surface area contributed by atoms with E-state index in [1.54, 1.807) is 19.4 Å². The lowest BCUT2D eigenvalue weighted by Crippen LogP contribution is -2.14. The van der Waals surface area contributed by atoms with Crippen molar-refractivity contribution in [1.82, 2.24) is 4.98 Å². The molecule has 0 spiro atoms. The van der Waals surface area contributed by atoms with Crippen LogP contribution < -0.4 is 10.6 Å². The van der Waals surface area contributed by atoms with E-state index in [0.29, 0.717) is 5.69 Å². The topological polar surface area (TPSA) is 63.2 Å². The van der Waals surface area contributed by atoms with E-state index in [0.717, 1.165) is 42.1 Å². The standard InChI is InChI=1S/C18H23N3O2/c1-13-5-6-14(2)17(11-13)21-18(22)16-8-7-15(12-20-16)19-9-4-10-23-3/h5-8,11-12,19H,4,9-10H2,1-3H3,(H,21,22). The lowest BCUT2D eigenvalue weighted by Gasteiger charge is -2.10.